The SMILES string of the molecule is CCOc1cc(/C=N/NC(=O)c2ccc(OCc3ccccc3)c(OC)c2)cc(Cl)c1OCc1ccc(C(=O)O)cc1. The van der Waals surface area contributed by atoms with Crippen molar-refractivity contribution in [3.8, 4) is 23.0 Å². The van der Waals surface area contributed by atoms with E-state index in [1.54, 1.807) is 42.5 Å². The highest BCUT2D eigenvalue weighted by Gasteiger charge is 2.14. The number of nitrogens with one attached hydrogen (secondary N) is 1. The fourth-order valence-electron chi connectivity index (χ4n) is 3.86. The van der Waals surface area contributed by atoms with Crippen molar-refractivity contribution in [1.29, 1.82) is 0 Å². The maximum absolute atomic E-state index is 12.7. The van der Waals surface area contributed by atoms with Crippen molar-refractivity contribution >= 4 is 29.7 Å². The molecule has 10 heteroatoms. The third-order valence-electron chi connectivity index (χ3n) is 5.96. The number of nitrogens with zero attached hydrogens (tertiary/aromatic N) is 1. The summed E-state index contributed by atoms with van der Waals surface area (Å²) in [6.07, 6.45) is 1.44. The maximum atomic E-state index is 12.7. The van der Waals surface area contributed by atoms with Crippen LogP contribution in [0.5, 0.6) is 23.0 Å². The summed E-state index contributed by atoms with van der Waals surface area (Å²) in [5.41, 5.74) is 5.37. The number of benzene rings is 4. The smallest absolute Gasteiger partial charge is 0.335 e. The Kier molecular flexibility index (Phi) is 10.4. The van der Waals surface area contributed by atoms with Crippen molar-refractivity contribution in [3.63, 3.8) is 0 Å². The minimum atomic E-state index is -1.00. The van der Waals surface area contributed by atoms with Gasteiger partial charge in [-0.1, -0.05) is 54.1 Å². The normalized spacial score (nSPS) is 10.7. The first kappa shape index (κ1) is 30.0. The second-order valence-electron chi connectivity index (χ2n) is 8.89. The molecule has 0 bridgehead atoms. The van der Waals surface area contributed by atoms with Crippen LogP contribution in [-0.4, -0.2) is 36.9 Å². The van der Waals surface area contributed by atoms with Crippen LogP contribution in [0.15, 0.2) is 90.0 Å². The van der Waals surface area contributed by atoms with Gasteiger partial charge in [0, 0.05) is 5.56 Å². The minimum absolute atomic E-state index is 0.155. The van der Waals surface area contributed by atoms with E-state index in [4.69, 9.17) is 35.7 Å². The number of hydrazone groups is 1. The Hall–Kier alpha value is -5.02. The van der Waals surface area contributed by atoms with Gasteiger partial charge in [0.05, 0.1) is 30.5 Å². The average molecular weight is 589 g/mol. The van der Waals surface area contributed by atoms with Crippen LogP contribution in [0.4, 0.5) is 0 Å². The summed E-state index contributed by atoms with van der Waals surface area (Å²) < 4.78 is 22.9. The highest BCUT2D eigenvalue weighted by atomic mass is 35.5. The van der Waals surface area contributed by atoms with Gasteiger partial charge in [-0.15, -0.1) is 0 Å². The third-order valence-corrected chi connectivity index (χ3v) is 6.24. The minimum Gasteiger partial charge on any atom is -0.493 e. The first-order valence-corrected chi connectivity index (χ1v) is 13.3. The van der Waals surface area contributed by atoms with Gasteiger partial charge in [-0.25, -0.2) is 10.2 Å². The molecule has 0 atom stereocenters. The Balaban J connectivity index is 1.40. The first-order chi connectivity index (χ1) is 20.4. The topological polar surface area (TPSA) is 116 Å². The van der Waals surface area contributed by atoms with Crippen LogP contribution in [0.25, 0.3) is 0 Å². The molecule has 216 valence electrons. The van der Waals surface area contributed by atoms with Gasteiger partial charge in [0.25, 0.3) is 5.91 Å². The van der Waals surface area contributed by atoms with Crippen molar-refractivity contribution in [2.24, 2.45) is 5.10 Å². The van der Waals surface area contributed by atoms with Gasteiger partial charge in [-0.3, -0.25) is 4.79 Å². The molecule has 0 aliphatic carbocycles. The van der Waals surface area contributed by atoms with Crippen LogP contribution < -0.4 is 24.4 Å². The van der Waals surface area contributed by atoms with Crippen molar-refractivity contribution in [2.45, 2.75) is 20.1 Å². The second kappa shape index (κ2) is 14.6. The predicted octanol–water partition coefficient (Wildman–Crippen LogP) is 6.37. The summed E-state index contributed by atoms with van der Waals surface area (Å²) in [5, 5.41) is 13.4. The molecule has 42 heavy (non-hydrogen) atoms. The molecule has 1 amide bonds. The number of carboxylic acid groups (broad SMARTS) is 1. The Morgan fingerprint density at radius 1 is 0.833 bits per heavy atom. The monoisotopic (exact) mass is 588 g/mol. The van der Waals surface area contributed by atoms with E-state index in [0.29, 0.717) is 47.3 Å². The highest BCUT2D eigenvalue weighted by Crippen LogP contribution is 2.37. The lowest BCUT2D eigenvalue weighted by Gasteiger charge is -2.14. The molecule has 0 aliphatic rings. The fourth-order valence-corrected chi connectivity index (χ4v) is 4.13. The molecule has 0 radical (unpaired) electrons. The molecular formula is C32H29ClN2O7. The number of ether oxygens (including phenoxy) is 4. The molecule has 0 fully saturated rings. The molecule has 4 aromatic carbocycles. The van der Waals surface area contributed by atoms with Crippen molar-refractivity contribution in [2.75, 3.05) is 13.7 Å². The molecule has 9 nitrogen and oxygen atoms in total. The molecule has 0 aromatic heterocycles. The Labute approximate surface area is 248 Å². The number of aromatic carboxylic acids is 1. The molecule has 0 saturated heterocycles. The zero-order valence-electron chi connectivity index (χ0n) is 23.0. The summed E-state index contributed by atoms with van der Waals surface area (Å²) in [6, 6.07) is 24.3. The molecule has 0 unspecified atom stereocenters. The van der Waals surface area contributed by atoms with Gasteiger partial charge < -0.3 is 24.1 Å². The quantitative estimate of drug-likeness (QED) is 0.138. The van der Waals surface area contributed by atoms with E-state index in [1.807, 2.05) is 37.3 Å². The van der Waals surface area contributed by atoms with E-state index in [0.717, 1.165) is 11.1 Å². The lowest BCUT2D eigenvalue weighted by Crippen LogP contribution is -2.17. The highest BCUT2D eigenvalue weighted by molar-refractivity contribution is 6.32. The van der Waals surface area contributed by atoms with Gasteiger partial charge in [0.15, 0.2) is 23.0 Å². The average Bonchev–Trinajstić information content (AvgIpc) is 3.00. The van der Waals surface area contributed by atoms with Crippen molar-refractivity contribution in [3.05, 3.63) is 118 Å². The molecule has 4 aromatic rings. The standard InChI is InChI=1S/C32H29ClN2O7/c1-3-40-29-16-23(15-26(33)30(29)42-20-22-9-11-24(12-10-22)32(37)38)18-34-35-31(36)25-13-14-27(28(17-25)39-2)41-19-21-7-5-4-6-8-21/h4-18H,3,19-20H2,1-2H3,(H,35,36)(H,37,38)/b34-18+. The lowest BCUT2D eigenvalue weighted by atomic mass is 10.1. The number of methoxy groups -OCH3 is 1. The van der Waals surface area contributed by atoms with E-state index in [2.05, 4.69) is 10.5 Å². The number of hydrogen-bond donors (Lipinski definition) is 2. The molecular weight excluding hydrogens is 560 g/mol. The Morgan fingerprint density at radius 2 is 1.52 bits per heavy atom. The molecule has 0 aliphatic heterocycles. The van der Waals surface area contributed by atoms with Crippen LogP contribution in [0.2, 0.25) is 5.02 Å². The molecule has 0 spiro atoms. The van der Waals surface area contributed by atoms with E-state index in [1.165, 1.54) is 25.5 Å². The number of halogens is 1. The van der Waals surface area contributed by atoms with Gasteiger partial charge in [-0.2, -0.15) is 5.10 Å². The van der Waals surface area contributed by atoms with Gasteiger partial charge >= 0.3 is 5.97 Å². The molecule has 4 rings (SSSR count). The predicted molar refractivity (Wildman–Crippen MR) is 159 cm³/mol. The van der Waals surface area contributed by atoms with Gasteiger partial charge in [0.2, 0.25) is 0 Å². The second-order valence-corrected chi connectivity index (χ2v) is 9.30. The largest absolute Gasteiger partial charge is 0.493 e. The number of amides is 1. The number of rotatable bonds is 13. The van der Waals surface area contributed by atoms with E-state index < -0.39 is 11.9 Å². The van der Waals surface area contributed by atoms with E-state index in [-0.39, 0.29) is 17.2 Å². The Bertz CT molecular complexity index is 1560. The van der Waals surface area contributed by atoms with Crippen LogP contribution in [0.1, 0.15) is 44.3 Å². The van der Waals surface area contributed by atoms with Crippen LogP contribution >= 0.6 is 11.6 Å². The van der Waals surface area contributed by atoms with Gasteiger partial charge in [0.1, 0.15) is 13.2 Å². The van der Waals surface area contributed by atoms with Crippen molar-refractivity contribution in [1.82, 2.24) is 5.43 Å². The van der Waals surface area contributed by atoms with Crippen molar-refractivity contribution < 1.29 is 33.6 Å². The lowest BCUT2D eigenvalue weighted by molar-refractivity contribution is 0.0696. The number of hydrogen-bond acceptors (Lipinski definition) is 7. The Morgan fingerprint density at radius 3 is 2.21 bits per heavy atom. The first-order valence-electron chi connectivity index (χ1n) is 13.0. The summed E-state index contributed by atoms with van der Waals surface area (Å²) in [4.78, 5) is 23.8. The van der Waals surface area contributed by atoms with E-state index >= 15 is 0 Å². The third kappa shape index (κ3) is 8.02. The fraction of sp³-hybridized carbons (Fsp3) is 0.156. The van der Waals surface area contributed by atoms with Crippen LogP contribution in [0, 0.1) is 0 Å². The zero-order valence-corrected chi connectivity index (χ0v) is 23.8. The molecule has 0 heterocycles. The summed E-state index contributed by atoms with van der Waals surface area (Å²) in [7, 11) is 1.51. The van der Waals surface area contributed by atoms with Crippen LogP contribution in [0.3, 0.4) is 0 Å². The number of carbonyl (C=O) groups is 2. The molecule has 2 N–H and O–H groups in total. The van der Waals surface area contributed by atoms with Crippen LogP contribution in [-0.2, 0) is 13.2 Å². The molecule has 0 saturated carbocycles. The maximum Gasteiger partial charge on any atom is 0.335 e. The number of carboxylic acids is 1. The number of carbonyl (C=O) groups excluding carboxylic acids is 1. The summed E-state index contributed by atoms with van der Waals surface area (Å²) in [6.45, 7) is 2.71. The zero-order chi connectivity index (χ0) is 29.9. The summed E-state index contributed by atoms with van der Waals surface area (Å²) >= 11 is 6.50. The van der Waals surface area contributed by atoms with Gasteiger partial charge in [-0.05, 0) is 66.1 Å². The summed E-state index contributed by atoms with van der Waals surface area (Å²) in [5.74, 6) is 0.228. The van der Waals surface area contributed by atoms with E-state index in [9.17, 15) is 9.59 Å².